The summed E-state index contributed by atoms with van der Waals surface area (Å²) in [5.74, 6) is 0.742. The van der Waals surface area contributed by atoms with Gasteiger partial charge in [-0.1, -0.05) is 0 Å². The van der Waals surface area contributed by atoms with E-state index in [-0.39, 0.29) is 24.3 Å². The molecule has 1 atom stereocenters. The first kappa shape index (κ1) is 11.0. The zero-order valence-electron chi connectivity index (χ0n) is 7.38. The molecule has 1 aliphatic rings. The van der Waals surface area contributed by atoms with Crippen LogP contribution in [-0.4, -0.2) is 4.92 Å². The second-order valence-electron chi connectivity index (χ2n) is 3.30. The summed E-state index contributed by atoms with van der Waals surface area (Å²) in [6.45, 7) is 0. The van der Waals surface area contributed by atoms with Gasteiger partial charge in [0, 0.05) is 0 Å². The first-order valence-electron chi connectivity index (χ1n) is 4.18. The molecule has 1 aromatic rings. The highest BCUT2D eigenvalue weighted by atomic mass is 35.5. The molecule has 0 aliphatic heterocycles. The van der Waals surface area contributed by atoms with Gasteiger partial charge in [-0.3, -0.25) is 10.1 Å². The summed E-state index contributed by atoms with van der Waals surface area (Å²) in [5.41, 5.74) is 5.80. The molecule has 14 heavy (non-hydrogen) atoms. The predicted molar refractivity (Wildman–Crippen MR) is 52.3 cm³/mol. The van der Waals surface area contributed by atoms with Gasteiger partial charge in [0.05, 0.1) is 12.1 Å². The Morgan fingerprint density at radius 3 is 2.64 bits per heavy atom. The normalized spacial score (nSPS) is 17.2. The summed E-state index contributed by atoms with van der Waals surface area (Å²) in [5, 5.41) is 10.3. The first-order chi connectivity index (χ1) is 6.18. The summed E-state index contributed by atoms with van der Waals surface area (Å²) in [6, 6.07) is 2.76. The van der Waals surface area contributed by atoms with Crippen LogP contribution in [0.5, 0.6) is 0 Å². The van der Waals surface area contributed by atoms with Crippen molar-refractivity contribution in [1.82, 2.24) is 0 Å². The van der Waals surface area contributed by atoms with E-state index in [1.54, 1.807) is 6.07 Å². The second kappa shape index (κ2) is 3.98. The van der Waals surface area contributed by atoms with E-state index in [2.05, 4.69) is 0 Å². The van der Waals surface area contributed by atoms with Crippen molar-refractivity contribution in [2.75, 3.05) is 0 Å². The molecule has 1 saturated carbocycles. The van der Waals surface area contributed by atoms with Crippen LogP contribution in [0.1, 0.15) is 24.6 Å². The van der Waals surface area contributed by atoms with Crippen LogP contribution >= 0.6 is 12.4 Å². The van der Waals surface area contributed by atoms with Crippen LogP contribution in [-0.2, 0) is 0 Å². The molecule has 0 unspecified atom stereocenters. The Morgan fingerprint density at radius 2 is 2.21 bits per heavy atom. The van der Waals surface area contributed by atoms with E-state index in [9.17, 15) is 10.1 Å². The lowest BCUT2D eigenvalue weighted by molar-refractivity contribution is -0.402. The summed E-state index contributed by atoms with van der Waals surface area (Å²) >= 11 is 0. The second-order valence-corrected chi connectivity index (χ2v) is 3.30. The molecular weight excluding hydrogens is 208 g/mol. The van der Waals surface area contributed by atoms with E-state index in [4.69, 9.17) is 10.2 Å². The summed E-state index contributed by atoms with van der Waals surface area (Å²) in [7, 11) is 0. The van der Waals surface area contributed by atoms with Crippen molar-refractivity contribution in [2.45, 2.75) is 18.9 Å². The van der Waals surface area contributed by atoms with Gasteiger partial charge in [-0.05, 0) is 24.8 Å². The van der Waals surface area contributed by atoms with Gasteiger partial charge in [0.2, 0.25) is 0 Å². The molecule has 1 fully saturated rings. The minimum absolute atomic E-state index is 0. The van der Waals surface area contributed by atoms with Crippen molar-refractivity contribution in [1.29, 1.82) is 0 Å². The van der Waals surface area contributed by atoms with Crippen LogP contribution < -0.4 is 5.73 Å². The fourth-order valence-electron chi connectivity index (χ4n) is 1.31. The van der Waals surface area contributed by atoms with Gasteiger partial charge in [-0.25, -0.2) is 0 Å². The highest BCUT2D eigenvalue weighted by molar-refractivity contribution is 5.85. The van der Waals surface area contributed by atoms with Crippen molar-refractivity contribution < 1.29 is 9.34 Å². The van der Waals surface area contributed by atoms with E-state index in [1.807, 2.05) is 0 Å². The number of nitrogens with two attached hydrogens (primary N) is 1. The van der Waals surface area contributed by atoms with Gasteiger partial charge < -0.3 is 10.2 Å². The fourth-order valence-corrected chi connectivity index (χ4v) is 1.31. The average Bonchev–Trinajstić information content (AvgIpc) is 2.81. The molecule has 2 N–H and O–H groups in total. The standard InChI is InChI=1S/C8H10N2O3.ClH/c9-8(5-1-2-5)6-3-4-7(13-6)10(11)12;/h3-5,8H,1-2,9H2;1H/t8-;/m1./s1. The molecule has 0 radical (unpaired) electrons. The lowest BCUT2D eigenvalue weighted by Gasteiger charge is -2.03. The van der Waals surface area contributed by atoms with Gasteiger partial charge in [-0.15, -0.1) is 12.4 Å². The summed E-state index contributed by atoms with van der Waals surface area (Å²) in [4.78, 5) is 9.74. The quantitative estimate of drug-likeness (QED) is 0.622. The first-order valence-corrected chi connectivity index (χ1v) is 4.18. The van der Waals surface area contributed by atoms with E-state index in [1.165, 1.54) is 6.07 Å². The van der Waals surface area contributed by atoms with E-state index in [0.717, 1.165) is 12.8 Å². The molecule has 2 rings (SSSR count). The number of nitrogens with zero attached hydrogens (tertiary/aromatic N) is 1. The zero-order chi connectivity index (χ0) is 9.42. The van der Waals surface area contributed by atoms with Gasteiger partial charge in [-0.2, -0.15) is 0 Å². The van der Waals surface area contributed by atoms with E-state index in [0.29, 0.717) is 11.7 Å². The van der Waals surface area contributed by atoms with Crippen LogP contribution in [0.15, 0.2) is 16.5 Å². The van der Waals surface area contributed by atoms with Crippen LogP contribution in [0.2, 0.25) is 0 Å². The van der Waals surface area contributed by atoms with Gasteiger partial charge in [0.1, 0.15) is 10.7 Å². The van der Waals surface area contributed by atoms with Crippen molar-refractivity contribution in [3.8, 4) is 0 Å². The Hall–Kier alpha value is -1.07. The van der Waals surface area contributed by atoms with Crippen LogP contribution in [0.3, 0.4) is 0 Å². The predicted octanol–water partition coefficient (Wildman–Crippen LogP) is 2.02. The number of furan rings is 1. The maximum absolute atomic E-state index is 10.3. The SMILES string of the molecule is Cl.N[C@@H](c1ccc([N+](=O)[O-])o1)C1CC1. The molecule has 1 aromatic heterocycles. The largest absolute Gasteiger partial charge is 0.433 e. The number of hydrogen-bond acceptors (Lipinski definition) is 4. The van der Waals surface area contributed by atoms with Crippen molar-refractivity contribution in [3.05, 3.63) is 28.0 Å². The number of nitro groups is 1. The fraction of sp³-hybridized carbons (Fsp3) is 0.500. The molecule has 0 aromatic carbocycles. The number of halogens is 1. The molecule has 6 heteroatoms. The van der Waals surface area contributed by atoms with Crippen LogP contribution in [0, 0.1) is 16.0 Å². The topological polar surface area (TPSA) is 82.3 Å². The maximum atomic E-state index is 10.3. The molecule has 1 heterocycles. The van der Waals surface area contributed by atoms with Crippen molar-refractivity contribution in [2.24, 2.45) is 11.7 Å². The van der Waals surface area contributed by atoms with Gasteiger partial charge in [0.25, 0.3) is 0 Å². The van der Waals surface area contributed by atoms with E-state index >= 15 is 0 Å². The Labute approximate surface area is 86.8 Å². The third-order valence-corrected chi connectivity index (χ3v) is 2.25. The monoisotopic (exact) mass is 218 g/mol. The maximum Gasteiger partial charge on any atom is 0.433 e. The smallest absolute Gasteiger partial charge is 0.404 e. The molecule has 0 bridgehead atoms. The Morgan fingerprint density at radius 1 is 1.57 bits per heavy atom. The highest BCUT2D eigenvalue weighted by Gasteiger charge is 2.32. The molecular formula is C8H11ClN2O3. The third-order valence-electron chi connectivity index (χ3n) is 2.25. The number of hydrogen-bond donors (Lipinski definition) is 1. The minimum atomic E-state index is -0.552. The molecule has 1 aliphatic carbocycles. The van der Waals surface area contributed by atoms with Crippen LogP contribution in [0.4, 0.5) is 5.88 Å². The van der Waals surface area contributed by atoms with Crippen molar-refractivity contribution in [3.63, 3.8) is 0 Å². The molecule has 0 saturated heterocycles. The summed E-state index contributed by atoms with van der Waals surface area (Å²) < 4.78 is 4.98. The molecule has 78 valence electrons. The summed E-state index contributed by atoms with van der Waals surface area (Å²) in [6.07, 6.45) is 2.19. The van der Waals surface area contributed by atoms with Gasteiger partial charge >= 0.3 is 5.88 Å². The third kappa shape index (κ3) is 2.05. The number of rotatable bonds is 3. The minimum Gasteiger partial charge on any atom is -0.404 e. The lowest BCUT2D eigenvalue weighted by Crippen LogP contribution is -2.10. The van der Waals surface area contributed by atoms with E-state index < -0.39 is 4.92 Å². The zero-order valence-corrected chi connectivity index (χ0v) is 8.20. The van der Waals surface area contributed by atoms with Crippen molar-refractivity contribution >= 4 is 18.3 Å². The Bertz CT molecular complexity index is 335. The van der Waals surface area contributed by atoms with Crippen LogP contribution in [0.25, 0.3) is 0 Å². The lowest BCUT2D eigenvalue weighted by atomic mass is 10.1. The molecule has 0 spiro atoms. The van der Waals surface area contributed by atoms with Gasteiger partial charge in [0.15, 0.2) is 0 Å². The molecule has 0 amide bonds. The molecule has 5 nitrogen and oxygen atoms in total. The Kier molecular flexibility index (Phi) is 3.13. The Balaban J connectivity index is 0.000000980. The highest BCUT2D eigenvalue weighted by Crippen LogP contribution is 2.40. The average molecular weight is 219 g/mol.